The quantitative estimate of drug-likeness (QED) is 0.306. The molecule has 0 fully saturated rings. The normalized spacial score (nSPS) is 12.3. The Morgan fingerprint density at radius 2 is 1.81 bits per heavy atom. The molecule has 0 saturated carbocycles. The summed E-state index contributed by atoms with van der Waals surface area (Å²) >= 11 is 0. The van der Waals surface area contributed by atoms with Crippen LogP contribution in [-0.2, 0) is 11.2 Å². The van der Waals surface area contributed by atoms with Gasteiger partial charge in [0.15, 0.2) is 17.3 Å². The molecule has 0 spiro atoms. The van der Waals surface area contributed by atoms with E-state index in [-0.39, 0.29) is 12.3 Å². The van der Waals surface area contributed by atoms with Gasteiger partial charge in [0.25, 0.3) is 0 Å². The first kappa shape index (κ1) is 21.7. The van der Waals surface area contributed by atoms with E-state index in [2.05, 4.69) is 25.8 Å². The molecule has 0 bridgehead atoms. The fourth-order valence-electron chi connectivity index (χ4n) is 4.25. The average Bonchev–Trinajstić information content (AvgIpc) is 3.31. The first-order chi connectivity index (χ1) is 17.7. The lowest BCUT2D eigenvalue weighted by Gasteiger charge is -2.18. The van der Waals surface area contributed by atoms with E-state index in [4.69, 9.17) is 9.47 Å². The van der Waals surface area contributed by atoms with E-state index in [9.17, 15) is 4.79 Å². The second kappa shape index (κ2) is 9.42. The van der Waals surface area contributed by atoms with E-state index >= 15 is 0 Å². The van der Waals surface area contributed by atoms with Crippen molar-refractivity contribution in [2.75, 3.05) is 23.8 Å². The number of ether oxygens (including phenoxy) is 2. The minimum Gasteiger partial charge on any atom is -0.486 e. The van der Waals surface area contributed by atoms with E-state index in [0.29, 0.717) is 30.5 Å². The number of carbonyl (C=O) groups is 1. The molecular weight excluding hydrogens is 454 g/mol. The molecule has 3 aromatic carbocycles. The van der Waals surface area contributed by atoms with Crippen LogP contribution in [0, 0.1) is 0 Å². The molecule has 178 valence electrons. The van der Waals surface area contributed by atoms with Crippen molar-refractivity contribution in [2.24, 2.45) is 0 Å². The number of hydrogen-bond donors (Lipinski definition) is 3. The molecule has 0 saturated heterocycles. The van der Waals surface area contributed by atoms with Crippen molar-refractivity contribution in [1.29, 1.82) is 0 Å². The number of carbonyl (C=O) groups excluding carboxylic acids is 1. The Morgan fingerprint density at radius 1 is 0.944 bits per heavy atom. The van der Waals surface area contributed by atoms with Crippen molar-refractivity contribution in [3.8, 4) is 22.6 Å². The number of H-pyrrole nitrogens is 1. The molecule has 1 aliphatic rings. The number of para-hydroxylation sites is 1. The van der Waals surface area contributed by atoms with Crippen LogP contribution in [-0.4, -0.2) is 34.3 Å². The molecule has 36 heavy (non-hydrogen) atoms. The number of nitrogens with zero attached hydrogens (tertiary/aromatic N) is 2. The van der Waals surface area contributed by atoms with Gasteiger partial charge >= 0.3 is 0 Å². The van der Waals surface area contributed by atoms with Crippen molar-refractivity contribution < 1.29 is 14.3 Å². The summed E-state index contributed by atoms with van der Waals surface area (Å²) in [4.78, 5) is 17.2. The topological polar surface area (TPSA) is 101 Å². The lowest BCUT2D eigenvalue weighted by Crippen LogP contribution is -2.17. The van der Waals surface area contributed by atoms with Gasteiger partial charge in [0, 0.05) is 34.7 Å². The van der Waals surface area contributed by atoms with Gasteiger partial charge in [-0.1, -0.05) is 30.3 Å². The molecule has 8 nitrogen and oxygen atoms in total. The zero-order chi connectivity index (χ0) is 24.3. The van der Waals surface area contributed by atoms with Crippen LogP contribution in [0.15, 0.2) is 85.2 Å². The van der Waals surface area contributed by atoms with Gasteiger partial charge in [-0.25, -0.2) is 0 Å². The highest BCUT2D eigenvalue weighted by Crippen LogP contribution is 2.33. The Hall–Kier alpha value is -4.85. The molecule has 5 aromatic rings. The van der Waals surface area contributed by atoms with Crippen molar-refractivity contribution in [3.63, 3.8) is 0 Å². The Bertz CT molecular complexity index is 1550. The fraction of sp³-hybridized carbons (Fsp3) is 0.107. The number of pyridine rings is 1. The average molecular weight is 478 g/mol. The Balaban J connectivity index is 1.24. The lowest BCUT2D eigenvalue weighted by molar-refractivity contribution is -0.115. The van der Waals surface area contributed by atoms with Crippen molar-refractivity contribution in [1.82, 2.24) is 15.2 Å². The molecule has 1 amide bonds. The van der Waals surface area contributed by atoms with E-state index in [1.165, 1.54) is 0 Å². The van der Waals surface area contributed by atoms with Crippen LogP contribution in [0.3, 0.4) is 0 Å². The number of hydrogen-bond acceptors (Lipinski definition) is 6. The molecule has 3 N–H and O–H groups in total. The number of anilines is 3. The van der Waals surface area contributed by atoms with E-state index in [1.54, 1.807) is 6.20 Å². The maximum atomic E-state index is 12.8. The summed E-state index contributed by atoms with van der Waals surface area (Å²) in [5.74, 6) is 1.68. The monoisotopic (exact) mass is 477 g/mol. The van der Waals surface area contributed by atoms with Crippen LogP contribution in [0.5, 0.6) is 11.5 Å². The number of aromatic amines is 1. The van der Waals surface area contributed by atoms with Gasteiger partial charge in [0.2, 0.25) is 5.91 Å². The molecule has 0 unspecified atom stereocenters. The Kier molecular flexibility index (Phi) is 5.67. The smallest absolute Gasteiger partial charge is 0.230 e. The van der Waals surface area contributed by atoms with Crippen LogP contribution >= 0.6 is 0 Å². The van der Waals surface area contributed by atoms with E-state index < -0.39 is 0 Å². The van der Waals surface area contributed by atoms with Crippen LogP contribution in [0.1, 0.15) is 5.56 Å². The maximum Gasteiger partial charge on any atom is 0.230 e. The van der Waals surface area contributed by atoms with Gasteiger partial charge in [-0.05, 0) is 53.6 Å². The molecular formula is C28H23N5O3. The Morgan fingerprint density at radius 3 is 2.69 bits per heavy atom. The number of nitrogens with one attached hydrogen (secondary N) is 3. The first-order valence-electron chi connectivity index (χ1n) is 11.7. The summed E-state index contributed by atoms with van der Waals surface area (Å²) in [6.07, 6.45) is 3.78. The number of rotatable bonds is 6. The number of benzene rings is 3. The number of fused-ring (bicyclic) bond motifs is 2. The number of amides is 1. The van der Waals surface area contributed by atoms with Crippen LogP contribution in [0.2, 0.25) is 0 Å². The fourth-order valence-corrected chi connectivity index (χ4v) is 4.25. The molecule has 1 aliphatic heterocycles. The van der Waals surface area contributed by atoms with Crippen LogP contribution in [0.25, 0.3) is 22.0 Å². The van der Waals surface area contributed by atoms with Crippen LogP contribution < -0.4 is 20.1 Å². The van der Waals surface area contributed by atoms with Gasteiger partial charge in [0.1, 0.15) is 13.2 Å². The summed E-state index contributed by atoms with van der Waals surface area (Å²) < 4.78 is 11.2. The van der Waals surface area contributed by atoms with Gasteiger partial charge in [0.05, 0.1) is 11.9 Å². The highest BCUT2D eigenvalue weighted by atomic mass is 16.6. The molecule has 0 atom stereocenters. The van der Waals surface area contributed by atoms with Crippen LogP contribution in [0.4, 0.5) is 17.2 Å². The standard InChI is InChI=1S/C28H23N5O3/c34-27(15-18-6-9-25-26(14-18)36-13-12-35-25)31-28-21-16-19(7-8-24(21)32-33-28)22-17-29-11-10-23(22)30-20-4-2-1-3-5-20/h1-11,14,16-17H,12-13,15H2,(H,29,30)(H2,31,32,33,34). The molecule has 2 aromatic heterocycles. The van der Waals surface area contributed by atoms with Crippen molar-refractivity contribution in [3.05, 3.63) is 90.8 Å². The predicted octanol–water partition coefficient (Wildman–Crippen LogP) is 5.32. The first-order valence-corrected chi connectivity index (χ1v) is 11.7. The summed E-state index contributed by atoms with van der Waals surface area (Å²) in [6.45, 7) is 1.04. The van der Waals surface area contributed by atoms with Crippen molar-refractivity contribution >= 4 is 34.0 Å². The van der Waals surface area contributed by atoms with Gasteiger partial charge in [-0.3, -0.25) is 14.9 Å². The minimum atomic E-state index is -0.168. The second-order valence-electron chi connectivity index (χ2n) is 8.45. The predicted molar refractivity (Wildman–Crippen MR) is 139 cm³/mol. The molecule has 3 heterocycles. The molecule has 0 radical (unpaired) electrons. The third kappa shape index (κ3) is 4.44. The third-order valence-electron chi connectivity index (χ3n) is 5.98. The second-order valence-corrected chi connectivity index (χ2v) is 8.45. The summed E-state index contributed by atoms with van der Waals surface area (Å²) in [5, 5.41) is 14.6. The number of aromatic nitrogens is 3. The SMILES string of the molecule is O=C(Cc1ccc2c(c1)OCCO2)Nc1n[nH]c2ccc(-c3cnccc3Nc3ccccc3)cc12. The lowest BCUT2D eigenvalue weighted by atomic mass is 10.0. The van der Waals surface area contributed by atoms with E-state index in [1.807, 2.05) is 79.0 Å². The minimum absolute atomic E-state index is 0.168. The van der Waals surface area contributed by atoms with Gasteiger partial charge < -0.3 is 20.1 Å². The van der Waals surface area contributed by atoms with Gasteiger partial charge in [-0.15, -0.1) is 0 Å². The van der Waals surface area contributed by atoms with E-state index in [0.717, 1.165) is 39.0 Å². The molecule has 0 aliphatic carbocycles. The summed E-state index contributed by atoms with van der Waals surface area (Å²) in [6, 6.07) is 23.4. The third-order valence-corrected chi connectivity index (χ3v) is 5.98. The highest BCUT2D eigenvalue weighted by Gasteiger charge is 2.16. The Labute approximate surface area is 207 Å². The molecule has 6 rings (SSSR count). The summed E-state index contributed by atoms with van der Waals surface area (Å²) in [5.41, 5.74) is 5.49. The zero-order valence-electron chi connectivity index (χ0n) is 19.3. The van der Waals surface area contributed by atoms with Crippen molar-refractivity contribution in [2.45, 2.75) is 6.42 Å². The highest BCUT2D eigenvalue weighted by molar-refractivity contribution is 6.02. The zero-order valence-corrected chi connectivity index (χ0v) is 19.3. The van der Waals surface area contributed by atoms with Gasteiger partial charge in [-0.2, -0.15) is 5.10 Å². The largest absolute Gasteiger partial charge is 0.486 e. The molecule has 8 heteroatoms. The summed E-state index contributed by atoms with van der Waals surface area (Å²) in [7, 11) is 0. The maximum absolute atomic E-state index is 12.8.